The van der Waals surface area contributed by atoms with E-state index in [-0.39, 0.29) is 31.1 Å². The van der Waals surface area contributed by atoms with Crippen LogP contribution in [0.4, 0.5) is 0 Å². The molecule has 0 fully saturated rings. The number of carbonyl (C=O) groups is 3. The number of rotatable bonds is 52. The molecule has 1 atom stereocenters. The molecule has 0 saturated carbocycles. The highest BCUT2D eigenvalue weighted by Crippen LogP contribution is 2.15. The molecule has 384 valence electrons. The predicted molar refractivity (Wildman–Crippen MR) is 284 cm³/mol. The van der Waals surface area contributed by atoms with Crippen molar-refractivity contribution in [1.82, 2.24) is 0 Å². The summed E-state index contributed by atoms with van der Waals surface area (Å²) in [6.07, 6.45) is 66.7. The molecule has 0 saturated heterocycles. The Morgan fingerprint density at radius 1 is 0.303 bits per heavy atom. The van der Waals surface area contributed by atoms with E-state index in [9.17, 15) is 14.4 Å². The molecule has 0 rings (SSSR count). The van der Waals surface area contributed by atoms with Crippen molar-refractivity contribution in [3.05, 3.63) is 48.6 Å². The molecule has 1 unspecified atom stereocenters. The maximum absolute atomic E-state index is 12.8. The average Bonchev–Trinajstić information content (AvgIpc) is 3.31. The quantitative estimate of drug-likeness (QED) is 0.0262. The van der Waals surface area contributed by atoms with Gasteiger partial charge < -0.3 is 14.2 Å². The Morgan fingerprint density at radius 3 is 0.909 bits per heavy atom. The van der Waals surface area contributed by atoms with Gasteiger partial charge in [0.15, 0.2) is 6.10 Å². The second-order valence-corrected chi connectivity index (χ2v) is 19.2. The van der Waals surface area contributed by atoms with Crippen molar-refractivity contribution in [3.63, 3.8) is 0 Å². The monoisotopic (exact) mass is 925 g/mol. The smallest absolute Gasteiger partial charge is 0.306 e. The third-order valence-corrected chi connectivity index (χ3v) is 12.5. The summed E-state index contributed by atoms with van der Waals surface area (Å²) in [6, 6.07) is 0. The Hall–Kier alpha value is -2.63. The van der Waals surface area contributed by atoms with E-state index in [2.05, 4.69) is 69.4 Å². The molecular weight excluding hydrogens is 817 g/mol. The molecule has 0 aromatic heterocycles. The van der Waals surface area contributed by atoms with Crippen LogP contribution in [0.3, 0.4) is 0 Å². The van der Waals surface area contributed by atoms with Crippen LogP contribution in [-0.2, 0) is 28.6 Å². The molecule has 0 aromatic rings. The van der Waals surface area contributed by atoms with E-state index >= 15 is 0 Å². The summed E-state index contributed by atoms with van der Waals surface area (Å²) in [6.45, 7) is 6.57. The van der Waals surface area contributed by atoms with E-state index in [4.69, 9.17) is 14.2 Å². The lowest BCUT2D eigenvalue weighted by molar-refractivity contribution is -0.167. The lowest BCUT2D eigenvalue weighted by Crippen LogP contribution is -2.30. The first-order valence-corrected chi connectivity index (χ1v) is 28.6. The molecule has 0 aliphatic carbocycles. The first kappa shape index (κ1) is 63.4. The lowest BCUT2D eigenvalue weighted by atomic mass is 10.1. The standard InChI is InChI=1S/C60H108O6/c1-4-7-10-13-16-19-22-25-27-28-29-30-31-32-33-36-38-41-44-47-50-53-59(62)65-56-57(55-64-58(61)52-49-46-43-40-37-34-24-21-18-15-12-9-6-3)66-60(63)54-51-48-45-42-39-35-26-23-20-17-14-11-8-5-2/h12,15,21,23-24,26,28-29,57H,4-11,13-14,16-20,22,25,27,30-56H2,1-3H3/b15-12-,24-21-,26-23-,29-28-. The topological polar surface area (TPSA) is 78.9 Å². The van der Waals surface area contributed by atoms with Gasteiger partial charge in [-0.2, -0.15) is 0 Å². The van der Waals surface area contributed by atoms with Crippen LogP contribution in [0.15, 0.2) is 48.6 Å². The van der Waals surface area contributed by atoms with Crippen LogP contribution in [0.1, 0.15) is 297 Å². The van der Waals surface area contributed by atoms with Crippen LogP contribution in [0.2, 0.25) is 0 Å². The average molecular weight is 926 g/mol. The van der Waals surface area contributed by atoms with Crippen LogP contribution in [0.5, 0.6) is 0 Å². The number of carbonyl (C=O) groups excluding carboxylic acids is 3. The number of esters is 3. The van der Waals surface area contributed by atoms with Gasteiger partial charge in [0.25, 0.3) is 0 Å². The van der Waals surface area contributed by atoms with Crippen molar-refractivity contribution < 1.29 is 28.6 Å². The van der Waals surface area contributed by atoms with Gasteiger partial charge in [0.05, 0.1) is 0 Å². The van der Waals surface area contributed by atoms with E-state index in [1.165, 1.54) is 161 Å². The van der Waals surface area contributed by atoms with Gasteiger partial charge in [-0.1, -0.05) is 230 Å². The molecule has 66 heavy (non-hydrogen) atoms. The molecular formula is C60H108O6. The fraction of sp³-hybridized carbons (Fsp3) is 0.817. The number of hydrogen-bond donors (Lipinski definition) is 0. The fourth-order valence-electron chi connectivity index (χ4n) is 8.18. The first-order valence-electron chi connectivity index (χ1n) is 28.6. The highest BCUT2D eigenvalue weighted by atomic mass is 16.6. The summed E-state index contributed by atoms with van der Waals surface area (Å²) in [5.74, 6) is -0.895. The second kappa shape index (κ2) is 55.0. The molecule has 0 aliphatic heterocycles. The molecule has 0 aromatic carbocycles. The molecule has 6 heteroatoms. The maximum Gasteiger partial charge on any atom is 0.306 e. The summed E-state index contributed by atoms with van der Waals surface area (Å²) in [5, 5.41) is 0. The molecule has 0 amide bonds. The minimum absolute atomic E-state index is 0.0807. The van der Waals surface area contributed by atoms with Crippen LogP contribution in [0, 0.1) is 0 Å². The normalized spacial score (nSPS) is 12.3. The molecule has 0 heterocycles. The largest absolute Gasteiger partial charge is 0.462 e. The predicted octanol–water partition coefficient (Wildman–Crippen LogP) is 19.0. The zero-order valence-electron chi connectivity index (χ0n) is 44.0. The van der Waals surface area contributed by atoms with Crippen molar-refractivity contribution in [2.75, 3.05) is 13.2 Å². The fourth-order valence-corrected chi connectivity index (χ4v) is 8.18. The van der Waals surface area contributed by atoms with Gasteiger partial charge in [-0.3, -0.25) is 14.4 Å². The van der Waals surface area contributed by atoms with Crippen molar-refractivity contribution in [1.29, 1.82) is 0 Å². The molecule has 6 nitrogen and oxygen atoms in total. The number of hydrogen-bond acceptors (Lipinski definition) is 6. The summed E-state index contributed by atoms with van der Waals surface area (Å²) in [4.78, 5) is 38.1. The summed E-state index contributed by atoms with van der Waals surface area (Å²) in [5.41, 5.74) is 0. The maximum atomic E-state index is 12.8. The van der Waals surface area contributed by atoms with Crippen LogP contribution < -0.4 is 0 Å². The number of allylic oxidation sites excluding steroid dienone is 8. The van der Waals surface area contributed by atoms with E-state index < -0.39 is 6.10 Å². The zero-order chi connectivity index (χ0) is 47.9. The van der Waals surface area contributed by atoms with E-state index in [0.29, 0.717) is 19.3 Å². The van der Waals surface area contributed by atoms with Crippen LogP contribution in [-0.4, -0.2) is 37.2 Å². The third-order valence-electron chi connectivity index (χ3n) is 12.5. The van der Waals surface area contributed by atoms with Gasteiger partial charge >= 0.3 is 17.9 Å². The molecule has 0 bridgehead atoms. The van der Waals surface area contributed by atoms with Gasteiger partial charge in [0.1, 0.15) is 13.2 Å². The number of unbranched alkanes of at least 4 members (excludes halogenated alkanes) is 33. The molecule has 0 radical (unpaired) electrons. The Morgan fingerprint density at radius 2 is 0.576 bits per heavy atom. The minimum atomic E-state index is -0.783. The summed E-state index contributed by atoms with van der Waals surface area (Å²) < 4.78 is 16.8. The number of ether oxygens (including phenoxy) is 3. The Labute approximate surface area is 409 Å². The van der Waals surface area contributed by atoms with Gasteiger partial charge in [0.2, 0.25) is 0 Å². The highest BCUT2D eigenvalue weighted by molar-refractivity contribution is 5.71. The van der Waals surface area contributed by atoms with Crippen molar-refractivity contribution in [2.24, 2.45) is 0 Å². The van der Waals surface area contributed by atoms with Crippen molar-refractivity contribution in [2.45, 2.75) is 303 Å². The van der Waals surface area contributed by atoms with Crippen molar-refractivity contribution >= 4 is 17.9 Å². The zero-order valence-corrected chi connectivity index (χ0v) is 44.0. The Kier molecular flexibility index (Phi) is 52.8. The minimum Gasteiger partial charge on any atom is -0.462 e. The second-order valence-electron chi connectivity index (χ2n) is 19.2. The van der Waals surface area contributed by atoms with Crippen LogP contribution in [0.25, 0.3) is 0 Å². The summed E-state index contributed by atoms with van der Waals surface area (Å²) >= 11 is 0. The van der Waals surface area contributed by atoms with E-state index in [1.54, 1.807) is 0 Å². The lowest BCUT2D eigenvalue weighted by Gasteiger charge is -2.18. The van der Waals surface area contributed by atoms with Gasteiger partial charge in [-0.25, -0.2) is 0 Å². The van der Waals surface area contributed by atoms with E-state index in [0.717, 1.165) is 96.3 Å². The Bertz CT molecular complexity index is 1150. The van der Waals surface area contributed by atoms with E-state index in [1.807, 2.05) is 0 Å². The van der Waals surface area contributed by atoms with Crippen molar-refractivity contribution in [3.8, 4) is 0 Å². The van der Waals surface area contributed by atoms with Gasteiger partial charge in [-0.15, -0.1) is 0 Å². The van der Waals surface area contributed by atoms with Gasteiger partial charge in [0, 0.05) is 19.3 Å². The Balaban J connectivity index is 4.32. The SMILES string of the molecule is CCC/C=C\C/C=C\CCCCCCCC(=O)OCC(COC(=O)CCCCCCCCCCC/C=C\CCCCCCCCCC)OC(=O)CCCCCCC/C=C\CCCCCCC. The third kappa shape index (κ3) is 52.3. The first-order chi connectivity index (χ1) is 32.5. The van der Waals surface area contributed by atoms with Crippen LogP contribution >= 0.6 is 0 Å². The molecule has 0 spiro atoms. The highest BCUT2D eigenvalue weighted by Gasteiger charge is 2.19. The molecule has 0 aliphatic rings. The molecule has 0 N–H and O–H groups in total. The summed E-state index contributed by atoms with van der Waals surface area (Å²) in [7, 11) is 0. The van der Waals surface area contributed by atoms with Gasteiger partial charge in [-0.05, 0) is 96.3 Å².